The van der Waals surface area contributed by atoms with Crippen LogP contribution < -0.4 is 10.1 Å². The molecule has 2 aliphatic rings. The van der Waals surface area contributed by atoms with Crippen molar-refractivity contribution in [3.05, 3.63) is 23.8 Å². The summed E-state index contributed by atoms with van der Waals surface area (Å²) in [7, 11) is 2.15. The third-order valence-corrected chi connectivity index (χ3v) is 3.78. The number of rotatable bonds is 2. The molecule has 0 aromatic heterocycles. The molecule has 1 N–H and O–H groups in total. The first-order valence-electron chi connectivity index (χ1n) is 6.39. The van der Waals surface area contributed by atoms with E-state index in [9.17, 15) is 0 Å². The van der Waals surface area contributed by atoms with Crippen LogP contribution in [0.15, 0.2) is 18.2 Å². The summed E-state index contributed by atoms with van der Waals surface area (Å²) in [5.41, 5.74) is 2.64. The van der Waals surface area contributed by atoms with Crippen molar-refractivity contribution in [2.75, 3.05) is 32.0 Å². The first-order valence-corrected chi connectivity index (χ1v) is 6.39. The lowest BCUT2D eigenvalue weighted by molar-refractivity contribution is 0.0997. The number of hydrogen-bond donors (Lipinski definition) is 1. The Bertz CT molecular complexity index is 432. The molecule has 1 unspecified atom stereocenters. The molecule has 1 saturated heterocycles. The van der Waals surface area contributed by atoms with E-state index in [4.69, 9.17) is 4.74 Å². The minimum atomic E-state index is -0.0188. The third-order valence-electron chi connectivity index (χ3n) is 3.78. The molecule has 1 aromatic carbocycles. The molecule has 0 bridgehead atoms. The van der Waals surface area contributed by atoms with Crippen LogP contribution in [0.3, 0.4) is 0 Å². The van der Waals surface area contributed by atoms with Gasteiger partial charge in [-0.2, -0.15) is 0 Å². The Balaban J connectivity index is 1.77. The highest BCUT2D eigenvalue weighted by molar-refractivity contribution is 5.57. The Hall–Kier alpha value is -1.22. The van der Waals surface area contributed by atoms with Crippen LogP contribution >= 0.6 is 0 Å². The second kappa shape index (κ2) is 3.91. The zero-order chi connectivity index (χ0) is 11.9. The second-order valence-corrected chi connectivity index (χ2v) is 5.54. The monoisotopic (exact) mass is 232 g/mol. The summed E-state index contributed by atoms with van der Waals surface area (Å²) in [6.07, 6.45) is 2.22. The predicted octanol–water partition coefficient (Wildman–Crippen LogP) is 2.13. The third kappa shape index (κ3) is 2.12. The first-order chi connectivity index (χ1) is 8.15. The Morgan fingerprint density at radius 1 is 1.41 bits per heavy atom. The Kier molecular flexibility index (Phi) is 2.51. The Morgan fingerprint density at radius 2 is 2.29 bits per heavy atom. The van der Waals surface area contributed by atoms with Gasteiger partial charge in [0.05, 0.1) is 0 Å². The molecule has 3 rings (SSSR count). The van der Waals surface area contributed by atoms with Crippen LogP contribution in [0, 0.1) is 0 Å². The van der Waals surface area contributed by atoms with Crippen LogP contribution in [0.25, 0.3) is 0 Å². The zero-order valence-electron chi connectivity index (χ0n) is 10.6. The van der Waals surface area contributed by atoms with Crippen LogP contribution in [0.1, 0.15) is 18.9 Å². The van der Waals surface area contributed by atoms with E-state index in [2.05, 4.69) is 42.4 Å². The van der Waals surface area contributed by atoms with Crippen LogP contribution in [-0.4, -0.2) is 37.2 Å². The number of hydrogen-bond acceptors (Lipinski definition) is 3. The van der Waals surface area contributed by atoms with E-state index in [-0.39, 0.29) is 5.60 Å². The quantitative estimate of drug-likeness (QED) is 0.845. The molecule has 1 fully saturated rings. The lowest BCUT2D eigenvalue weighted by Crippen LogP contribution is -2.35. The van der Waals surface area contributed by atoms with Crippen molar-refractivity contribution in [2.45, 2.75) is 25.4 Å². The zero-order valence-corrected chi connectivity index (χ0v) is 10.6. The molecule has 2 aliphatic heterocycles. The average molecular weight is 232 g/mol. The maximum atomic E-state index is 6.19. The van der Waals surface area contributed by atoms with E-state index >= 15 is 0 Å². The van der Waals surface area contributed by atoms with Gasteiger partial charge >= 0.3 is 0 Å². The summed E-state index contributed by atoms with van der Waals surface area (Å²) in [5.74, 6) is 1.02. The molecule has 0 amide bonds. The highest BCUT2D eigenvalue weighted by Gasteiger charge is 2.34. The number of nitrogens with zero attached hydrogens (tertiary/aromatic N) is 1. The number of likely N-dealkylation sites (tertiary alicyclic amines) is 1. The van der Waals surface area contributed by atoms with Crippen molar-refractivity contribution in [3.8, 4) is 5.75 Å². The van der Waals surface area contributed by atoms with Crippen molar-refractivity contribution in [1.29, 1.82) is 0 Å². The summed E-state index contributed by atoms with van der Waals surface area (Å²) < 4.78 is 6.19. The fourth-order valence-electron chi connectivity index (χ4n) is 2.87. The lowest BCUT2D eigenvalue weighted by Gasteiger charge is -2.26. The van der Waals surface area contributed by atoms with Gasteiger partial charge in [-0.1, -0.05) is 0 Å². The molecular formula is C14H20N2O. The van der Waals surface area contributed by atoms with Crippen molar-refractivity contribution in [2.24, 2.45) is 0 Å². The topological polar surface area (TPSA) is 24.5 Å². The fourth-order valence-corrected chi connectivity index (χ4v) is 2.87. The smallest absolute Gasteiger partial charge is 0.120 e. The maximum absolute atomic E-state index is 6.19. The van der Waals surface area contributed by atoms with E-state index in [1.165, 1.54) is 11.3 Å². The minimum Gasteiger partial charge on any atom is -0.486 e. The normalized spacial score (nSPS) is 27.9. The van der Waals surface area contributed by atoms with Gasteiger partial charge in [-0.15, -0.1) is 0 Å². The molecule has 0 radical (unpaired) electrons. The highest BCUT2D eigenvalue weighted by Crippen LogP contribution is 2.31. The van der Waals surface area contributed by atoms with Crippen molar-refractivity contribution < 1.29 is 4.74 Å². The van der Waals surface area contributed by atoms with Crippen molar-refractivity contribution >= 4 is 5.69 Å². The molecular weight excluding hydrogens is 212 g/mol. The van der Waals surface area contributed by atoms with E-state index in [1.54, 1.807) is 0 Å². The number of benzene rings is 1. The molecule has 92 valence electrons. The van der Waals surface area contributed by atoms with Gasteiger partial charge in [0.2, 0.25) is 0 Å². The van der Waals surface area contributed by atoms with E-state index in [0.29, 0.717) is 0 Å². The number of likely N-dealkylation sites (N-methyl/N-ethyl adjacent to an activating group) is 1. The standard InChI is InChI=1S/C14H20N2O/c1-14(6-8-16(2)10-14)17-12-3-4-13-11(9-12)5-7-15-13/h3-4,9,15H,5-8,10H2,1-2H3. The maximum Gasteiger partial charge on any atom is 0.120 e. The van der Waals surface area contributed by atoms with E-state index in [1.807, 2.05) is 0 Å². The predicted molar refractivity (Wildman–Crippen MR) is 69.8 cm³/mol. The van der Waals surface area contributed by atoms with Gasteiger partial charge in [-0.25, -0.2) is 0 Å². The number of fused-ring (bicyclic) bond motifs is 1. The number of ether oxygens (including phenoxy) is 1. The van der Waals surface area contributed by atoms with Gasteiger partial charge in [-0.3, -0.25) is 0 Å². The Morgan fingerprint density at radius 3 is 3.06 bits per heavy atom. The fraction of sp³-hybridized carbons (Fsp3) is 0.571. The van der Waals surface area contributed by atoms with Gasteiger partial charge < -0.3 is 15.0 Å². The van der Waals surface area contributed by atoms with Gasteiger partial charge in [0, 0.05) is 31.7 Å². The van der Waals surface area contributed by atoms with Crippen molar-refractivity contribution in [3.63, 3.8) is 0 Å². The SMILES string of the molecule is CN1CCC(C)(Oc2ccc3c(c2)CCN3)C1. The second-order valence-electron chi connectivity index (χ2n) is 5.54. The molecule has 0 aliphatic carbocycles. The largest absolute Gasteiger partial charge is 0.486 e. The lowest BCUT2D eigenvalue weighted by atomic mass is 10.1. The molecule has 3 nitrogen and oxygen atoms in total. The van der Waals surface area contributed by atoms with E-state index < -0.39 is 0 Å². The number of nitrogens with one attached hydrogen (secondary N) is 1. The van der Waals surface area contributed by atoms with Crippen molar-refractivity contribution in [1.82, 2.24) is 4.90 Å². The van der Waals surface area contributed by atoms with Gasteiger partial charge in [-0.05, 0) is 44.2 Å². The van der Waals surface area contributed by atoms with Crippen LogP contribution in [-0.2, 0) is 6.42 Å². The molecule has 1 atom stereocenters. The van der Waals surface area contributed by atoms with E-state index in [0.717, 1.165) is 38.2 Å². The van der Waals surface area contributed by atoms with Crippen LogP contribution in [0.4, 0.5) is 5.69 Å². The molecule has 3 heteroatoms. The summed E-state index contributed by atoms with van der Waals surface area (Å²) in [6, 6.07) is 6.42. The summed E-state index contributed by atoms with van der Waals surface area (Å²) >= 11 is 0. The van der Waals surface area contributed by atoms with Crippen LogP contribution in [0.5, 0.6) is 5.75 Å². The molecule has 0 spiro atoms. The molecule has 1 aromatic rings. The van der Waals surface area contributed by atoms with Gasteiger partial charge in [0.1, 0.15) is 11.4 Å². The number of anilines is 1. The highest BCUT2D eigenvalue weighted by atomic mass is 16.5. The van der Waals surface area contributed by atoms with Crippen LogP contribution in [0.2, 0.25) is 0 Å². The molecule has 2 heterocycles. The van der Waals surface area contributed by atoms with Gasteiger partial charge in [0.25, 0.3) is 0 Å². The summed E-state index contributed by atoms with van der Waals surface area (Å²) in [6.45, 7) is 5.41. The minimum absolute atomic E-state index is 0.0188. The summed E-state index contributed by atoms with van der Waals surface area (Å²) in [5, 5.41) is 3.37. The molecule has 0 saturated carbocycles. The van der Waals surface area contributed by atoms with Gasteiger partial charge in [0.15, 0.2) is 0 Å². The summed E-state index contributed by atoms with van der Waals surface area (Å²) in [4.78, 5) is 2.33. The Labute approximate surface area is 103 Å². The average Bonchev–Trinajstić information content (AvgIpc) is 2.85. The molecule has 17 heavy (non-hydrogen) atoms. The first kappa shape index (κ1) is 10.9.